The Hall–Kier alpha value is -1.60. The van der Waals surface area contributed by atoms with E-state index < -0.39 is 6.10 Å². The summed E-state index contributed by atoms with van der Waals surface area (Å²) in [6.45, 7) is 3.79. The van der Waals surface area contributed by atoms with Crippen LogP contribution in [0.3, 0.4) is 0 Å². The topological polar surface area (TPSA) is 50.8 Å². The zero-order valence-electron chi connectivity index (χ0n) is 14.3. The molecule has 26 heavy (non-hydrogen) atoms. The second-order valence-corrected chi connectivity index (χ2v) is 7.90. The molecule has 0 saturated carbocycles. The van der Waals surface area contributed by atoms with Gasteiger partial charge in [0.2, 0.25) is 0 Å². The van der Waals surface area contributed by atoms with Gasteiger partial charge in [-0.05, 0) is 35.2 Å². The number of fused-ring (bicyclic) bond motifs is 1. The van der Waals surface area contributed by atoms with Gasteiger partial charge >= 0.3 is 0 Å². The molecule has 1 N–H and O–H groups in total. The summed E-state index contributed by atoms with van der Waals surface area (Å²) in [4.78, 5) is 16.3. The van der Waals surface area contributed by atoms with Crippen LogP contribution in [0.25, 0.3) is 0 Å². The molecule has 2 aliphatic heterocycles. The second kappa shape index (κ2) is 7.96. The molecule has 1 fully saturated rings. The number of hydrogen-bond acceptors (Lipinski definition) is 5. The first-order valence-corrected chi connectivity index (χ1v) is 10.0. The Morgan fingerprint density at radius 2 is 2.19 bits per heavy atom. The number of carbonyl (C=O) groups excluding carboxylic acids is 1. The van der Waals surface area contributed by atoms with Gasteiger partial charge in [-0.25, -0.2) is 0 Å². The number of hydrogen-bond donors (Lipinski definition) is 1. The molecule has 1 aromatic heterocycles. The first kappa shape index (κ1) is 17.8. The Balaban J connectivity index is 1.39. The van der Waals surface area contributed by atoms with Gasteiger partial charge in [0.15, 0.2) is 6.10 Å². The van der Waals surface area contributed by atoms with E-state index in [9.17, 15) is 4.79 Å². The largest absolute Gasteiger partial charge is 0.480 e. The van der Waals surface area contributed by atoms with Gasteiger partial charge in [-0.1, -0.05) is 17.7 Å². The number of halogens is 1. The van der Waals surface area contributed by atoms with E-state index in [-0.39, 0.29) is 11.9 Å². The number of carbonyl (C=O) groups is 1. The van der Waals surface area contributed by atoms with Crippen molar-refractivity contribution in [3.05, 3.63) is 51.2 Å². The SMILES string of the molecule is O=C(NC[C@H](c1cccs1)N1CCOCC1)[C@H]1Cc2cc(Cl)ccc2O1. The molecule has 1 saturated heterocycles. The van der Waals surface area contributed by atoms with Crippen LogP contribution in [-0.2, 0) is 16.0 Å². The Labute approximate surface area is 161 Å². The minimum Gasteiger partial charge on any atom is -0.480 e. The van der Waals surface area contributed by atoms with Gasteiger partial charge in [0, 0.05) is 36.0 Å². The molecule has 0 unspecified atom stereocenters. The molecule has 0 spiro atoms. The predicted octanol–water partition coefficient (Wildman–Crippen LogP) is 2.89. The van der Waals surface area contributed by atoms with Crippen molar-refractivity contribution >= 4 is 28.8 Å². The molecule has 2 aliphatic rings. The fraction of sp³-hybridized carbons (Fsp3) is 0.421. The zero-order valence-corrected chi connectivity index (χ0v) is 15.9. The number of rotatable bonds is 5. The Morgan fingerprint density at radius 3 is 2.96 bits per heavy atom. The number of ether oxygens (including phenoxy) is 2. The molecule has 0 aliphatic carbocycles. The number of nitrogens with one attached hydrogen (secondary N) is 1. The Kier molecular flexibility index (Phi) is 5.45. The van der Waals surface area contributed by atoms with Gasteiger partial charge in [0.05, 0.1) is 19.3 Å². The molecular formula is C19H21ClN2O3S. The summed E-state index contributed by atoms with van der Waals surface area (Å²) in [5, 5.41) is 5.83. The molecule has 3 heterocycles. The van der Waals surface area contributed by atoms with Gasteiger partial charge in [-0.15, -0.1) is 11.3 Å². The van der Waals surface area contributed by atoms with E-state index >= 15 is 0 Å². The number of thiophene rings is 1. The van der Waals surface area contributed by atoms with Crippen molar-refractivity contribution in [1.82, 2.24) is 10.2 Å². The van der Waals surface area contributed by atoms with Crippen molar-refractivity contribution in [1.29, 1.82) is 0 Å². The van der Waals surface area contributed by atoms with Crippen molar-refractivity contribution in [2.75, 3.05) is 32.8 Å². The van der Waals surface area contributed by atoms with Crippen molar-refractivity contribution in [3.63, 3.8) is 0 Å². The van der Waals surface area contributed by atoms with Crippen LogP contribution in [-0.4, -0.2) is 49.8 Å². The van der Waals surface area contributed by atoms with Crippen molar-refractivity contribution < 1.29 is 14.3 Å². The molecule has 7 heteroatoms. The molecule has 5 nitrogen and oxygen atoms in total. The zero-order chi connectivity index (χ0) is 17.9. The normalized spacial score (nSPS) is 21.0. The fourth-order valence-corrected chi connectivity index (χ4v) is 4.51. The highest BCUT2D eigenvalue weighted by molar-refractivity contribution is 7.10. The molecule has 2 aromatic rings. The third-order valence-corrected chi connectivity index (χ3v) is 6.03. The lowest BCUT2D eigenvalue weighted by Crippen LogP contribution is -2.46. The van der Waals surface area contributed by atoms with Crippen molar-refractivity contribution in [2.24, 2.45) is 0 Å². The molecule has 138 valence electrons. The standard InChI is InChI=1S/C19H21ClN2O3S/c20-14-3-4-16-13(10-14)11-17(25-16)19(23)21-12-15(18-2-1-9-26-18)22-5-7-24-8-6-22/h1-4,9-10,15,17H,5-8,11-12H2,(H,21,23)/t15-,17-/m1/s1. The maximum Gasteiger partial charge on any atom is 0.261 e. The molecule has 4 rings (SSSR count). The molecular weight excluding hydrogens is 372 g/mol. The van der Waals surface area contributed by atoms with E-state index in [1.165, 1.54) is 4.88 Å². The predicted molar refractivity (Wildman–Crippen MR) is 102 cm³/mol. The second-order valence-electron chi connectivity index (χ2n) is 6.49. The van der Waals surface area contributed by atoms with Crippen LogP contribution in [0.1, 0.15) is 16.5 Å². The molecule has 1 amide bonds. The number of nitrogens with zero attached hydrogens (tertiary/aromatic N) is 1. The third kappa shape index (κ3) is 3.88. The molecule has 0 radical (unpaired) electrons. The van der Waals surface area contributed by atoms with Crippen LogP contribution in [0.5, 0.6) is 5.75 Å². The Bertz CT molecular complexity index is 762. The van der Waals surface area contributed by atoms with Gasteiger partial charge in [-0.3, -0.25) is 9.69 Å². The maximum atomic E-state index is 12.6. The highest BCUT2D eigenvalue weighted by atomic mass is 35.5. The maximum absolute atomic E-state index is 12.6. The van der Waals surface area contributed by atoms with Crippen molar-refractivity contribution in [3.8, 4) is 5.75 Å². The summed E-state index contributed by atoms with van der Waals surface area (Å²) in [5.41, 5.74) is 0.987. The van der Waals surface area contributed by atoms with Crippen LogP contribution >= 0.6 is 22.9 Å². The van der Waals surface area contributed by atoms with E-state index in [1.807, 2.05) is 12.1 Å². The lowest BCUT2D eigenvalue weighted by atomic mass is 10.1. The monoisotopic (exact) mass is 392 g/mol. The summed E-state index contributed by atoms with van der Waals surface area (Å²) in [6, 6.07) is 9.82. The van der Waals surface area contributed by atoms with Gasteiger partial charge in [-0.2, -0.15) is 0 Å². The number of amides is 1. The fourth-order valence-electron chi connectivity index (χ4n) is 3.45. The smallest absolute Gasteiger partial charge is 0.261 e. The molecule has 1 aromatic carbocycles. The van der Waals surface area contributed by atoms with Gasteiger partial charge in [0.25, 0.3) is 5.91 Å². The van der Waals surface area contributed by atoms with Crippen LogP contribution in [0.4, 0.5) is 0 Å². The van der Waals surface area contributed by atoms with Crippen LogP contribution in [0.2, 0.25) is 5.02 Å². The van der Waals surface area contributed by atoms with Crippen LogP contribution in [0.15, 0.2) is 35.7 Å². The van der Waals surface area contributed by atoms with Gasteiger partial charge in [0.1, 0.15) is 5.75 Å². The Morgan fingerprint density at radius 1 is 1.35 bits per heavy atom. The average molecular weight is 393 g/mol. The van der Waals surface area contributed by atoms with E-state index in [2.05, 4.69) is 27.7 Å². The lowest BCUT2D eigenvalue weighted by molar-refractivity contribution is -0.127. The number of morpholine rings is 1. The summed E-state index contributed by atoms with van der Waals surface area (Å²) in [6.07, 6.45) is 0.0697. The molecule has 0 bridgehead atoms. The van der Waals surface area contributed by atoms with Crippen LogP contribution in [0, 0.1) is 0 Å². The summed E-state index contributed by atoms with van der Waals surface area (Å²) < 4.78 is 11.3. The minimum absolute atomic E-state index is 0.0767. The first-order valence-electron chi connectivity index (χ1n) is 8.79. The van der Waals surface area contributed by atoms with E-state index in [0.29, 0.717) is 18.0 Å². The summed E-state index contributed by atoms with van der Waals surface area (Å²) >= 11 is 7.75. The first-order chi connectivity index (χ1) is 12.7. The minimum atomic E-state index is -0.489. The third-order valence-electron chi connectivity index (χ3n) is 4.82. The van der Waals surface area contributed by atoms with E-state index in [1.54, 1.807) is 17.4 Å². The van der Waals surface area contributed by atoms with Crippen LogP contribution < -0.4 is 10.1 Å². The summed E-state index contributed by atoms with van der Waals surface area (Å²) in [5.74, 6) is 0.671. The average Bonchev–Trinajstić information content (AvgIpc) is 3.32. The highest BCUT2D eigenvalue weighted by Crippen LogP contribution is 2.31. The molecule has 2 atom stereocenters. The van der Waals surface area contributed by atoms with Crippen molar-refractivity contribution in [2.45, 2.75) is 18.6 Å². The highest BCUT2D eigenvalue weighted by Gasteiger charge is 2.31. The summed E-state index contributed by atoms with van der Waals surface area (Å²) in [7, 11) is 0. The van der Waals surface area contributed by atoms with Gasteiger partial charge < -0.3 is 14.8 Å². The van der Waals surface area contributed by atoms with E-state index in [4.69, 9.17) is 21.1 Å². The van der Waals surface area contributed by atoms with E-state index in [0.717, 1.165) is 37.6 Å². The quantitative estimate of drug-likeness (QED) is 0.850. The lowest BCUT2D eigenvalue weighted by Gasteiger charge is -2.34. The number of benzene rings is 1.